The molecule has 0 aliphatic carbocycles. The maximum absolute atomic E-state index is 11.5. The summed E-state index contributed by atoms with van der Waals surface area (Å²) in [6.45, 7) is 3.61. The molecule has 0 N–H and O–H groups in total. The third-order valence-electron chi connectivity index (χ3n) is 1.30. The summed E-state index contributed by atoms with van der Waals surface area (Å²) in [5, 5.41) is 0. The highest BCUT2D eigenvalue weighted by atomic mass is 35.5. The zero-order chi connectivity index (χ0) is 8.91. The SMILES string of the molecule is CCP(=O)(CC)OC=C(Cl)Cl. The van der Waals surface area contributed by atoms with Crippen molar-refractivity contribution >= 4 is 30.6 Å². The van der Waals surface area contributed by atoms with Crippen molar-refractivity contribution in [1.29, 1.82) is 0 Å². The molecule has 0 aromatic carbocycles. The smallest absolute Gasteiger partial charge is 0.246 e. The second kappa shape index (κ2) is 5.08. The summed E-state index contributed by atoms with van der Waals surface area (Å²) >= 11 is 10.6. The molecular formula is C6H11Cl2O2P. The van der Waals surface area contributed by atoms with E-state index < -0.39 is 7.37 Å². The first-order valence-corrected chi connectivity index (χ1v) is 6.07. The Kier molecular flexibility index (Phi) is 5.24. The lowest BCUT2D eigenvalue weighted by Crippen LogP contribution is -1.90. The van der Waals surface area contributed by atoms with Gasteiger partial charge in [-0.3, -0.25) is 4.57 Å². The van der Waals surface area contributed by atoms with Crippen LogP contribution in [0.4, 0.5) is 0 Å². The average molecular weight is 217 g/mol. The quantitative estimate of drug-likeness (QED) is 0.531. The van der Waals surface area contributed by atoms with E-state index >= 15 is 0 Å². The number of halogens is 2. The van der Waals surface area contributed by atoms with Crippen molar-refractivity contribution in [3.05, 3.63) is 10.8 Å². The summed E-state index contributed by atoms with van der Waals surface area (Å²) in [6, 6.07) is 0. The summed E-state index contributed by atoms with van der Waals surface area (Å²) in [4.78, 5) is 0. The fraction of sp³-hybridized carbons (Fsp3) is 0.667. The van der Waals surface area contributed by atoms with E-state index in [4.69, 9.17) is 27.7 Å². The molecular weight excluding hydrogens is 206 g/mol. The van der Waals surface area contributed by atoms with Gasteiger partial charge in [0, 0.05) is 12.3 Å². The minimum absolute atomic E-state index is 0.00729. The van der Waals surface area contributed by atoms with Crippen molar-refractivity contribution in [3.8, 4) is 0 Å². The van der Waals surface area contributed by atoms with Crippen LogP contribution in [0, 0.1) is 0 Å². The molecule has 0 radical (unpaired) electrons. The highest BCUT2D eigenvalue weighted by molar-refractivity contribution is 7.58. The Labute approximate surface area is 77.0 Å². The monoisotopic (exact) mass is 216 g/mol. The number of hydrogen-bond acceptors (Lipinski definition) is 2. The van der Waals surface area contributed by atoms with Gasteiger partial charge in [-0.1, -0.05) is 37.0 Å². The average Bonchev–Trinajstić information content (AvgIpc) is 2.00. The van der Waals surface area contributed by atoms with Crippen molar-refractivity contribution < 1.29 is 9.09 Å². The molecule has 0 spiro atoms. The minimum Gasteiger partial charge on any atom is -0.448 e. The lowest BCUT2D eigenvalue weighted by molar-refractivity contribution is 0.442. The summed E-state index contributed by atoms with van der Waals surface area (Å²) in [6.07, 6.45) is 2.12. The van der Waals surface area contributed by atoms with Gasteiger partial charge >= 0.3 is 0 Å². The third-order valence-corrected chi connectivity index (χ3v) is 3.89. The standard InChI is InChI=1S/C6H11Cl2O2P/c1-3-11(9,4-2)10-5-6(7)8/h5H,3-4H2,1-2H3. The predicted octanol–water partition coefficient (Wildman–Crippen LogP) is 3.60. The Morgan fingerprint density at radius 1 is 1.45 bits per heavy atom. The molecule has 0 aromatic rings. The van der Waals surface area contributed by atoms with Crippen LogP contribution in [0.5, 0.6) is 0 Å². The molecule has 0 unspecified atom stereocenters. The third kappa shape index (κ3) is 4.73. The molecule has 5 heteroatoms. The molecule has 0 amide bonds. The lowest BCUT2D eigenvalue weighted by atomic mass is 11.0. The van der Waals surface area contributed by atoms with Crippen LogP contribution in [-0.2, 0) is 9.09 Å². The molecule has 0 aliphatic rings. The molecule has 0 saturated carbocycles. The van der Waals surface area contributed by atoms with Crippen molar-refractivity contribution in [2.75, 3.05) is 12.3 Å². The summed E-state index contributed by atoms with van der Waals surface area (Å²) in [7, 11) is -2.48. The van der Waals surface area contributed by atoms with Gasteiger partial charge in [0.1, 0.15) is 10.8 Å². The first-order chi connectivity index (χ1) is 5.04. The van der Waals surface area contributed by atoms with Gasteiger partial charge in [-0.2, -0.15) is 0 Å². The van der Waals surface area contributed by atoms with Gasteiger partial charge < -0.3 is 4.52 Å². The lowest BCUT2D eigenvalue weighted by Gasteiger charge is -2.11. The first-order valence-electron chi connectivity index (χ1n) is 3.31. The van der Waals surface area contributed by atoms with Crippen LogP contribution < -0.4 is 0 Å². The molecule has 66 valence electrons. The zero-order valence-corrected chi connectivity index (χ0v) is 8.92. The molecule has 0 fully saturated rings. The van der Waals surface area contributed by atoms with Gasteiger partial charge in [0.25, 0.3) is 0 Å². The van der Waals surface area contributed by atoms with Crippen LogP contribution in [0.1, 0.15) is 13.8 Å². The van der Waals surface area contributed by atoms with Gasteiger partial charge in [0.2, 0.25) is 7.37 Å². The van der Waals surface area contributed by atoms with Crippen LogP contribution in [0.3, 0.4) is 0 Å². The largest absolute Gasteiger partial charge is 0.448 e. The second-order valence-electron chi connectivity index (χ2n) is 1.96. The summed E-state index contributed by atoms with van der Waals surface area (Å²) in [5.41, 5.74) is 0. The fourth-order valence-corrected chi connectivity index (χ4v) is 1.76. The van der Waals surface area contributed by atoms with E-state index in [-0.39, 0.29) is 4.49 Å². The Hall–Kier alpha value is 0.350. The number of hydrogen-bond donors (Lipinski definition) is 0. The van der Waals surface area contributed by atoms with Crippen LogP contribution >= 0.6 is 30.6 Å². The summed E-state index contributed by atoms with van der Waals surface area (Å²) < 4.78 is 16.4. The van der Waals surface area contributed by atoms with Gasteiger partial charge in [0.05, 0.1) is 0 Å². The Bertz CT molecular complexity index is 179. The molecule has 0 heterocycles. The summed E-state index contributed by atoms with van der Waals surface area (Å²) in [5.74, 6) is 0. The van der Waals surface area contributed by atoms with Crippen LogP contribution in [0.2, 0.25) is 0 Å². The van der Waals surface area contributed by atoms with E-state index in [1.54, 1.807) is 13.8 Å². The fourth-order valence-electron chi connectivity index (χ4n) is 0.509. The van der Waals surface area contributed by atoms with Crippen molar-refractivity contribution in [1.82, 2.24) is 0 Å². The van der Waals surface area contributed by atoms with Crippen molar-refractivity contribution in [2.24, 2.45) is 0 Å². The molecule has 11 heavy (non-hydrogen) atoms. The molecule has 2 nitrogen and oxygen atoms in total. The molecule has 0 saturated heterocycles. The Morgan fingerprint density at radius 2 is 1.91 bits per heavy atom. The van der Waals surface area contributed by atoms with Crippen LogP contribution in [-0.4, -0.2) is 12.3 Å². The van der Waals surface area contributed by atoms with Crippen LogP contribution in [0.15, 0.2) is 10.8 Å². The molecule has 0 bridgehead atoms. The van der Waals surface area contributed by atoms with E-state index in [1.807, 2.05) is 0 Å². The normalized spacial score (nSPS) is 10.9. The topological polar surface area (TPSA) is 26.3 Å². The van der Waals surface area contributed by atoms with Gasteiger partial charge in [-0.15, -0.1) is 0 Å². The van der Waals surface area contributed by atoms with Gasteiger partial charge in [-0.25, -0.2) is 0 Å². The van der Waals surface area contributed by atoms with Gasteiger partial charge in [0.15, 0.2) is 0 Å². The number of rotatable bonds is 4. The van der Waals surface area contributed by atoms with E-state index in [1.165, 1.54) is 0 Å². The zero-order valence-electron chi connectivity index (χ0n) is 6.51. The van der Waals surface area contributed by atoms with Gasteiger partial charge in [-0.05, 0) is 0 Å². The highest BCUT2D eigenvalue weighted by Crippen LogP contribution is 2.46. The van der Waals surface area contributed by atoms with Crippen molar-refractivity contribution in [2.45, 2.75) is 13.8 Å². The Balaban J connectivity index is 4.10. The molecule has 0 atom stereocenters. The maximum atomic E-state index is 11.5. The highest BCUT2D eigenvalue weighted by Gasteiger charge is 2.16. The second-order valence-corrected chi connectivity index (χ2v) is 6.07. The molecule has 0 rings (SSSR count). The predicted molar refractivity (Wildman–Crippen MR) is 49.6 cm³/mol. The molecule has 0 aromatic heterocycles. The van der Waals surface area contributed by atoms with E-state index in [0.717, 1.165) is 6.26 Å². The Morgan fingerprint density at radius 3 is 2.18 bits per heavy atom. The van der Waals surface area contributed by atoms with E-state index in [9.17, 15) is 4.57 Å². The minimum atomic E-state index is -2.48. The van der Waals surface area contributed by atoms with E-state index in [2.05, 4.69) is 0 Å². The van der Waals surface area contributed by atoms with E-state index in [0.29, 0.717) is 12.3 Å². The van der Waals surface area contributed by atoms with Crippen molar-refractivity contribution in [3.63, 3.8) is 0 Å². The molecule has 0 aliphatic heterocycles. The van der Waals surface area contributed by atoms with Crippen LogP contribution in [0.25, 0.3) is 0 Å². The maximum Gasteiger partial charge on any atom is 0.246 e. The first kappa shape index (κ1) is 11.4.